The first kappa shape index (κ1) is 68.5. The number of carbonyl (C=O) groups excluding carboxylic acids is 6. The maximum Gasteiger partial charge on any atom is 0.412 e. The van der Waals surface area contributed by atoms with E-state index in [1.54, 1.807) is 79.3 Å². The molecule has 0 spiro atoms. The van der Waals surface area contributed by atoms with Gasteiger partial charge in [-0.1, -0.05) is 12.1 Å². The van der Waals surface area contributed by atoms with Gasteiger partial charge in [-0.2, -0.15) is 0 Å². The van der Waals surface area contributed by atoms with Crippen LogP contribution in [0.15, 0.2) is 116 Å². The molecular weight excluding hydrogens is 1130 g/mol. The maximum absolute atomic E-state index is 12.9. The Bertz CT molecular complexity index is 2570. The Morgan fingerprint density at radius 1 is 0.314 bits per heavy atom. The van der Waals surface area contributed by atoms with Crippen molar-refractivity contribution in [3.63, 3.8) is 0 Å². The zero-order chi connectivity index (χ0) is 60.8. The Kier molecular flexibility index (Phi) is 35.3. The van der Waals surface area contributed by atoms with E-state index in [4.69, 9.17) is 71.1 Å². The summed E-state index contributed by atoms with van der Waals surface area (Å²) >= 11 is 0. The topological polar surface area (TPSA) is 316 Å². The van der Waals surface area contributed by atoms with Gasteiger partial charge in [0.05, 0.1) is 136 Å². The number of aromatic nitrogens is 3. The van der Waals surface area contributed by atoms with E-state index >= 15 is 0 Å². The Morgan fingerprint density at radius 3 is 0.919 bits per heavy atom. The van der Waals surface area contributed by atoms with Gasteiger partial charge in [-0.3, -0.25) is 15.0 Å². The van der Waals surface area contributed by atoms with E-state index in [9.17, 15) is 28.8 Å². The fraction of sp³-hybridized carbons (Fsp3) is 0.441. The van der Waals surface area contributed by atoms with Crippen LogP contribution in [0.2, 0.25) is 0 Å². The van der Waals surface area contributed by atoms with E-state index in [1.807, 2.05) is 12.1 Å². The Hall–Kier alpha value is -8.25. The molecule has 0 unspecified atom stereocenters. The van der Waals surface area contributed by atoms with Crippen LogP contribution in [0.1, 0.15) is 42.2 Å². The van der Waals surface area contributed by atoms with Gasteiger partial charge in [0.25, 0.3) is 0 Å². The summed E-state index contributed by atoms with van der Waals surface area (Å²) in [6.07, 6.45) is 7.77. The number of nitrogens with zero attached hydrogens (tertiary/aromatic N) is 3. The number of nitrogens with one attached hydrogen (secondary N) is 3. The number of hydrogen-bond acceptors (Lipinski definition) is 24. The van der Waals surface area contributed by atoms with Crippen LogP contribution < -0.4 is 30.2 Å². The van der Waals surface area contributed by atoms with Crippen molar-refractivity contribution in [3.8, 4) is 17.2 Å². The van der Waals surface area contributed by atoms with Crippen molar-refractivity contribution in [1.82, 2.24) is 30.9 Å². The van der Waals surface area contributed by atoms with Crippen LogP contribution in [0.25, 0.3) is 0 Å². The average Bonchev–Trinajstić information content (AvgIpc) is 3.67. The molecule has 0 aliphatic rings. The highest BCUT2D eigenvalue weighted by Crippen LogP contribution is 2.25. The highest BCUT2D eigenvalue weighted by Gasteiger charge is 2.14. The second-order valence-electron chi connectivity index (χ2n) is 17.5. The second kappa shape index (κ2) is 44.3. The van der Waals surface area contributed by atoms with Crippen molar-refractivity contribution in [3.05, 3.63) is 144 Å². The number of esters is 3. The van der Waals surface area contributed by atoms with E-state index in [-0.39, 0.29) is 117 Å². The highest BCUT2D eigenvalue weighted by molar-refractivity contribution is 5.89. The first-order valence-corrected chi connectivity index (χ1v) is 27.7. The molecule has 0 radical (unpaired) electrons. The van der Waals surface area contributed by atoms with E-state index in [1.165, 1.54) is 24.7 Å². The molecule has 0 atom stereocenters. The lowest BCUT2D eigenvalue weighted by molar-refractivity contribution is 0.000818. The summed E-state index contributed by atoms with van der Waals surface area (Å²) in [6.45, 7) is 5.56. The molecule has 86 heavy (non-hydrogen) atoms. The van der Waals surface area contributed by atoms with Crippen LogP contribution >= 0.6 is 0 Å². The minimum absolute atomic E-state index is 0.0924. The van der Waals surface area contributed by atoms with Gasteiger partial charge >= 0.3 is 36.2 Å². The zero-order valence-corrected chi connectivity index (χ0v) is 47.8. The number of amides is 3. The largest absolute Gasteiger partial charge is 0.460 e. The van der Waals surface area contributed by atoms with Crippen LogP contribution in [0, 0.1) is 0 Å². The highest BCUT2D eigenvalue weighted by atomic mass is 16.6. The molecule has 0 saturated heterocycles. The first-order valence-electron chi connectivity index (χ1n) is 27.7. The molecule has 27 heteroatoms. The fourth-order valence-corrected chi connectivity index (χ4v) is 6.92. The minimum atomic E-state index is -0.762. The molecule has 466 valence electrons. The molecule has 0 bridgehead atoms. The minimum Gasteiger partial charge on any atom is -0.460 e. The van der Waals surface area contributed by atoms with Crippen LogP contribution in [0.5, 0.6) is 17.2 Å². The summed E-state index contributed by atoms with van der Waals surface area (Å²) in [5.41, 5.74) is 2.68. The molecule has 0 saturated carbocycles. The van der Waals surface area contributed by atoms with E-state index in [0.29, 0.717) is 93.7 Å². The van der Waals surface area contributed by atoms with Crippen molar-refractivity contribution >= 4 is 36.2 Å². The Labute approximate surface area is 497 Å². The quantitative estimate of drug-likeness (QED) is 0.0271. The number of carbonyl (C=O) groups is 6. The summed E-state index contributed by atoms with van der Waals surface area (Å²) in [6, 6.07) is 21.5. The molecule has 3 amide bonds. The molecule has 0 aliphatic carbocycles. The molecule has 0 fully saturated rings. The van der Waals surface area contributed by atoms with E-state index in [0.717, 1.165) is 5.56 Å². The van der Waals surface area contributed by atoms with Gasteiger partial charge < -0.3 is 87.0 Å². The van der Waals surface area contributed by atoms with E-state index in [2.05, 4.69) is 30.9 Å². The molecule has 3 aromatic heterocycles. The standard InChI is InChI=1S/C59H74N6O21/c66-54(48-4-1-13-60-43-48)81-37-34-78-31-28-75-25-22-72-19-16-63-57(69)84-51-11-9-46(10-12-51)7-8-47-40-52(85-58(70)64-17-20-73-23-26-76-29-32-79-35-38-82-55(67)49-5-2-14-61-44-49)42-53(41-47)86-59(71)65-18-21-74-24-27-77-30-33-80-36-39-83-56(68)50-6-3-15-62-45-50/h1-6,9-15,40-45H,7-8,16-39H2,(H,63,69)(H,64,70)(H,65,71). The summed E-state index contributed by atoms with van der Waals surface area (Å²) in [4.78, 5) is 85.6. The van der Waals surface area contributed by atoms with Crippen LogP contribution in [-0.4, -0.2) is 210 Å². The molecule has 5 rings (SSSR count). The van der Waals surface area contributed by atoms with Crippen LogP contribution in [-0.2, 0) is 69.7 Å². The number of pyridine rings is 3. The third kappa shape index (κ3) is 32.1. The van der Waals surface area contributed by atoms with Gasteiger partial charge in [-0.25, -0.2) is 28.8 Å². The predicted molar refractivity (Wildman–Crippen MR) is 303 cm³/mol. The van der Waals surface area contributed by atoms with Crippen molar-refractivity contribution < 1.29 is 99.8 Å². The van der Waals surface area contributed by atoms with Gasteiger partial charge in [-0.15, -0.1) is 0 Å². The number of rotatable bonds is 45. The smallest absolute Gasteiger partial charge is 0.412 e. The monoisotopic (exact) mass is 1200 g/mol. The average molecular weight is 1200 g/mol. The van der Waals surface area contributed by atoms with Gasteiger partial charge in [0.1, 0.15) is 37.1 Å². The molecular formula is C59H74N6O21. The Morgan fingerprint density at radius 2 is 0.605 bits per heavy atom. The summed E-state index contributed by atoms with van der Waals surface area (Å²) in [5, 5.41) is 7.90. The number of hydrogen-bond donors (Lipinski definition) is 3. The SMILES string of the molecule is O=C(NCCOCCOCCOCCOC(=O)c1cccnc1)Oc1ccc(CCc2cc(OC(=O)NCCOCCOCCOCCOC(=O)c3cccnc3)cc(OC(=O)NCCOCCOCCOCCOC(=O)c3cccnc3)c2)cc1. The third-order valence-electron chi connectivity index (χ3n) is 11.1. The normalized spacial score (nSPS) is 10.8. The lowest BCUT2D eigenvalue weighted by Gasteiger charge is -2.13. The van der Waals surface area contributed by atoms with Crippen molar-refractivity contribution in [1.29, 1.82) is 0 Å². The van der Waals surface area contributed by atoms with Crippen molar-refractivity contribution in [2.24, 2.45) is 0 Å². The summed E-state index contributed by atoms with van der Waals surface area (Å²) in [7, 11) is 0. The first-order chi connectivity index (χ1) is 42.2. The summed E-state index contributed by atoms with van der Waals surface area (Å²) < 4.78 is 81.2. The number of ether oxygens (including phenoxy) is 15. The van der Waals surface area contributed by atoms with Crippen molar-refractivity contribution in [2.45, 2.75) is 12.8 Å². The number of benzene rings is 2. The molecule has 2 aromatic carbocycles. The lowest BCUT2D eigenvalue weighted by atomic mass is 10.0. The Balaban J connectivity index is 0.939. The van der Waals surface area contributed by atoms with E-state index < -0.39 is 36.2 Å². The fourth-order valence-electron chi connectivity index (χ4n) is 6.92. The number of aryl methyl sites for hydroxylation is 2. The molecule has 3 heterocycles. The van der Waals surface area contributed by atoms with Gasteiger partial charge in [0, 0.05) is 62.9 Å². The molecule has 3 N–H and O–H groups in total. The predicted octanol–water partition coefficient (Wildman–Crippen LogP) is 4.64. The third-order valence-corrected chi connectivity index (χ3v) is 11.1. The van der Waals surface area contributed by atoms with Crippen LogP contribution in [0.4, 0.5) is 14.4 Å². The summed E-state index contributed by atoms with van der Waals surface area (Å²) in [5.74, 6) is -0.857. The zero-order valence-electron chi connectivity index (χ0n) is 47.8. The second-order valence-corrected chi connectivity index (χ2v) is 17.5. The maximum atomic E-state index is 12.9. The van der Waals surface area contributed by atoms with Crippen LogP contribution in [0.3, 0.4) is 0 Å². The molecule has 5 aromatic rings. The molecule has 27 nitrogen and oxygen atoms in total. The van der Waals surface area contributed by atoms with Crippen molar-refractivity contribution in [2.75, 3.05) is 158 Å². The van der Waals surface area contributed by atoms with Gasteiger partial charge in [-0.05, 0) is 84.6 Å². The lowest BCUT2D eigenvalue weighted by Crippen LogP contribution is -2.31. The van der Waals surface area contributed by atoms with Gasteiger partial charge in [0.2, 0.25) is 0 Å². The van der Waals surface area contributed by atoms with Gasteiger partial charge in [0.15, 0.2) is 0 Å². The molecule has 0 aliphatic heterocycles.